The molecule has 3 rings (SSSR count). The molecule has 92 valence electrons. The van der Waals surface area contributed by atoms with E-state index in [1.165, 1.54) is 6.26 Å². The Balaban J connectivity index is 2.06. The molecule has 1 spiro atoms. The van der Waals surface area contributed by atoms with Crippen molar-refractivity contribution < 1.29 is 19.1 Å². The van der Waals surface area contributed by atoms with Gasteiger partial charge in [0.15, 0.2) is 0 Å². The van der Waals surface area contributed by atoms with Gasteiger partial charge in [0.1, 0.15) is 0 Å². The molecule has 1 aromatic rings. The summed E-state index contributed by atoms with van der Waals surface area (Å²) in [5, 5.41) is 0. The number of rotatable bonds is 2. The maximum absolute atomic E-state index is 12.4. The van der Waals surface area contributed by atoms with Crippen LogP contribution >= 0.6 is 0 Å². The lowest BCUT2D eigenvalue weighted by Crippen LogP contribution is -2.34. The third-order valence-corrected chi connectivity index (χ3v) is 3.22. The van der Waals surface area contributed by atoms with Crippen LogP contribution in [0, 0.1) is 0 Å². The predicted molar refractivity (Wildman–Crippen MR) is 62.6 cm³/mol. The maximum atomic E-state index is 12.4. The molecule has 2 heterocycles. The minimum Gasteiger partial charge on any atom is -0.449 e. The summed E-state index contributed by atoms with van der Waals surface area (Å²) in [7, 11) is 0. The molecule has 0 bridgehead atoms. The smallest absolute Gasteiger partial charge is 0.346 e. The number of esters is 1. The molecule has 0 amide bonds. The van der Waals surface area contributed by atoms with Crippen molar-refractivity contribution in [2.24, 2.45) is 0 Å². The van der Waals surface area contributed by atoms with Crippen LogP contribution < -0.4 is 0 Å². The Bertz CT molecular complexity index is 573. The van der Waals surface area contributed by atoms with Crippen molar-refractivity contribution in [3.8, 4) is 0 Å². The van der Waals surface area contributed by atoms with Gasteiger partial charge in [0.2, 0.25) is 0 Å². The van der Waals surface area contributed by atoms with E-state index in [1.807, 2.05) is 6.92 Å². The minimum absolute atomic E-state index is 0.261. The third-order valence-electron chi connectivity index (χ3n) is 3.22. The summed E-state index contributed by atoms with van der Waals surface area (Å²) in [5.74, 6) is -2.33. The molecule has 0 saturated carbocycles. The Kier molecular flexibility index (Phi) is 2.26. The number of carbonyl (C=O) groups is 2. The van der Waals surface area contributed by atoms with E-state index in [0.717, 1.165) is 6.42 Å². The number of hydrogen-bond acceptors (Lipinski definition) is 4. The molecule has 2 aliphatic heterocycles. The number of Topliss-reactive ketones (excluding diaryl/α,β-unsaturated/α-hetero) is 1. The van der Waals surface area contributed by atoms with Crippen molar-refractivity contribution >= 4 is 11.8 Å². The van der Waals surface area contributed by atoms with Crippen LogP contribution in [-0.4, -0.2) is 11.8 Å². The summed E-state index contributed by atoms with van der Waals surface area (Å²) in [5.41, 5.74) is 1.47. The molecular formula is C14H12O4. The zero-order valence-electron chi connectivity index (χ0n) is 9.93. The van der Waals surface area contributed by atoms with Crippen LogP contribution in [0.4, 0.5) is 0 Å². The number of benzene rings is 1. The summed E-state index contributed by atoms with van der Waals surface area (Å²) < 4.78 is 10.6. The highest BCUT2D eigenvalue weighted by Crippen LogP contribution is 2.44. The number of ketones is 1. The van der Waals surface area contributed by atoms with Crippen LogP contribution in [0.15, 0.2) is 36.1 Å². The Morgan fingerprint density at radius 2 is 2.00 bits per heavy atom. The molecule has 4 heteroatoms. The van der Waals surface area contributed by atoms with Crippen molar-refractivity contribution in [1.29, 1.82) is 0 Å². The molecular weight excluding hydrogens is 232 g/mol. The van der Waals surface area contributed by atoms with Gasteiger partial charge in [-0.1, -0.05) is 25.5 Å². The van der Waals surface area contributed by atoms with Gasteiger partial charge < -0.3 is 9.47 Å². The zero-order chi connectivity index (χ0) is 12.8. The summed E-state index contributed by atoms with van der Waals surface area (Å²) >= 11 is 0. The van der Waals surface area contributed by atoms with E-state index < -0.39 is 11.8 Å². The second-order valence-electron chi connectivity index (χ2n) is 4.39. The van der Waals surface area contributed by atoms with E-state index >= 15 is 0 Å². The van der Waals surface area contributed by atoms with Crippen molar-refractivity contribution in [2.45, 2.75) is 25.6 Å². The molecule has 0 radical (unpaired) electrons. The van der Waals surface area contributed by atoms with Gasteiger partial charge in [-0.05, 0) is 18.6 Å². The van der Waals surface area contributed by atoms with Crippen LogP contribution in [0.1, 0.15) is 35.7 Å². The molecule has 18 heavy (non-hydrogen) atoms. The van der Waals surface area contributed by atoms with Crippen LogP contribution in [0.2, 0.25) is 0 Å². The van der Waals surface area contributed by atoms with Crippen molar-refractivity contribution in [1.82, 2.24) is 0 Å². The lowest BCUT2D eigenvalue weighted by Gasteiger charge is -2.20. The van der Waals surface area contributed by atoms with Crippen LogP contribution in [-0.2, 0) is 20.1 Å². The highest BCUT2D eigenvalue weighted by atomic mass is 16.7. The van der Waals surface area contributed by atoms with E-state index in [4.69, 9.17) is 9.47 Å². The Morgan fingerprint density at radius 1 is 1.22 bits per heavy atom. The highest BCUT2D eigenvalue weighted by molar-refractivity contribution is 6.09. The average Bonchev–Trinajstić information content (AvgIpc) is 2.84. The first-order chi connectivity index (χ1) is 8.69. The Morgan fingerprint density at radius 3 is 2.78 bits per heavy atom. The van der Waals surface area contributed by atoms with E-state index in [0.29, 0.717) is 23.1 Å². The van der Waals surface area contributed by atoms with Gasteiger partial charge in [0.25, 0.3) is 5.78 Å². The fourth-order valence-electron chi connectivity index (χ4n) is 2.36. The lowest BCUT2D eigenvalue weighted by molar-refractivity contribution is -0.174. The van der Waals surface area contributed by atoms with Crippen molar-refractivity contribution in [3.63, 3.8) is 0 Å². The van der Waals surface area contributed by atoms with Gasteiger partial charge in [0, 0.05) is 5.57 Å². The summed E-state index contributed by atoms with van der Waals surface area (Å²) in [4.78, 5) is 24.1. The fraction of sp³-hybridized carbons (Fsp3) is 0.286. The van der Waals surface area contributed by atoms with Gasteiger partial charge in [0.05, 0.1) is 17.4 Å². The predicted octanol–water partition coefficient (Wildman–Crippen LogP) is 2.29. The first-order valence-electron chi connectivity index (χ1n) is 5.93. The van der Waals surface area contributed by atoms with Crippen LogP contribution in [0.25, 0.3) is 0 Å². The number of fused-ring (bicyclic) bond motifs is 2. The van der Waals surface area contributed by atoms with E-state index in [2.05, 4.69) is 0 Å². The molecule has 1 atom stereocenters. The second-order valence-corrected chi connectivity index (χ2v) is 4.39. The van der Waals surface area contributed by atoms with E-state index in [-0.39, 0.29) is 5.78 Å². The summed E-state index contributed by atoms with van der Waals surface area (Å²) in [6.07, 6.45) is 2.88. The fourth-order valence-corrected chi connectivity index (χ4v) is 2.36. The molecule has 0 saturated heterocycles. The maximum Gasteiger partial charge on any atom is 0.346 e. The largest absolute Gasteiger partial charge is 0.449 e. The van der Waals surface area contributed by atoms with E-state index in [9.17, 15) is 9.59 Å². The van der Waals surface area contributed by atoms with Crippen molar-refractivity contribution in [2.75, 3.05) is 0 Å². The number of hydrogen-bond donors (Lipinski definition) is 0. The lowest BCUT2D eigenvalue weighted by atomic mass is 9.95. The molecule has 4 nitrogen and oxygen atoms in total. The number of ether oxygens (including phenoxy) is 2. The summed E-state index contributed by atoms with van der Waals surface area (Å²) in [6.45, 7) is 1.98. The van der Waals surface area contributed by atoms with Crippen LogP contribution in [0.5, 0.6) is 0 Å². The van der Waals surface area contributed by atoms with Gasteiger partial charge in [-0.2, -0.15) is 0 Å². The highest BCUT2D eigenvalue weighted by Gasteiger charge is 2.57. The molecule has 0 N–H and O–H groups in total. The Hall–Kier alpha value is -2.10. The molecule has 0 aromatic heterocycles. The second kappa shape index (κ2) is 3.70. The topological polar surface area (TPSA) is 52.6 Å². The molecule has 2 aliphatic rings. The van der Waals surface area contributed by atoms with Crippen LogP contribution in [0.3, 0.4) is 0 Å². The first kappa shape index (κ1) is 11.0. The SMILES string of the molecule is CCCC1=COC2(OC(=O)c3ccccc32)C1=O. The van der Waals surface area contributed by atoms with Gasteiger partial charge in [-0.25, -0.2) is 4.79 Å². The average molecular weight is 244 g/mol. The minimum atomic E-state index is -1.56. The van der Waals surface area contributed by atoms with Gasteiger partial charge in [-0.3, -0.25) is 4.79 Å². The molecule has 1 aromatic carbocycles. The summed E-state index contributed by atoms with van der Waals surface area (Å²) in [6, 6.07) is 6.83. The van der Waals surface area contributed by atoms with E-state index in [1.54, 1.807) is 24.3 Å². The zero-order valence-corrected chi connectivity index (χ0v) is 9.93. The number of carbonyl (C=O) groups excluding carboxylic acids is 2. The molecule has 0 aliphatic carbocycles. The first-order valence-corrected chi connectivity index (χ1v) is 5.93. The van der Waals surface area contributed by atoms with Gasteiger partial charge in [-0.15, -0.1) is 0 Å². The normalized spacial score (nSPS) is 24.8. The third kappa shape index (κ3) is 1.26. The quantitative estimate of drug-likeness (QED) is 0.749. The standard InChI is InChI=1S/C14H12O4/c1-2-5-9-8-17-14(12(9)15)11-7-4-3-6-10(11)13(16)18-14/h3-4,6-8H,2,5H2,1H3. The van der Waals surface area contributed by atoms with Crippen molar-refractivity contribution in [3.05, 3.63) is 47.2 Å². The molecule has 1 unspecified atom stereocenters. The monoisotopic (exact) mass is 244 g/mol. The Labute approximate surface area is 104 Å². The van der Waals surface area contributed by atoms with Gasteiger partial charge >= 0.3 is 11.8 Å². The molecule has 0 fully saturated rings.